The van der Waals surface area contributed by atoms with Gasteiger partial charge in [-0.3, -0.25) is 9.59 Å². The number of hydrogen-bond donors (Lipinski definition) is 2. The monoisotopic (exact) mass is 300 g/mol. The highest BCUT2D eigenvalue weighted by Gasteiger charge is 2.16. The topological polar surface area (TPSA) is 109 Å². The van der Waals surface area contributed by atoms with Gasteiger partial charge in [0.2, 0.25) is 5.91 Å². The van der Waals surface area contributed by atoms with E-state index < -0.39 is 0 Å². The van der Waals surface area contributed by atoms with Crippen LogP contribution in [0.2, 0.25) is 0 Å². The van der Waals surface area contributed by atoms with Crippen molar-refractivity contribution in [3.63, 3.8) is 0 Å². The maximum atomic E-state index is 11.4. The van der Waals surface area contributed by atoms with Gasteiger partial charge in [-0.25, -0.2) is 4.98 Å². The van der Waals surface area contributed by atoms with Crippen molar-refractivity contribution in [3.8, 4) is 16.6 Å². The molecule has 7 heteroatoms. The van der Waals surface area contributed by atoms with Gasteiger partial charge >= 0.3 is 0 Å². The lowest BCUT2D eigenvalue weighted by molar-refractivity contribution is -0.114. The van der Waals surface area contributed by atoms with Gasteiger partial charge in [0.1, 0.15) is 23.1 Å². The van der Waals surface area contributed by atoms with Crippen molar-refractivity contribution in [2.45, 2.75) is 13.8 Å². The third-order valence-corrected chi connectivity index (χ3v) is 3.85. The molecule has 0 aliphatic rings. The molecule has 106 valence electrons. The number of nitrogen functional groups attached to an aromatic ring is 1. The molecule has 0 aliphatic carbocycles. The summed E-state index contributed by atoms with van der Waals surface area (Å²) in [7, 11) is 0. The summed E-state index contributed by atoms with van der Waals surface area (Å²) in [5, 5.41) is 11.8. The third kappa shape index (κ3) is 3.07. The van der Waals surface area contributed by atoms with E-state index in [4.69, 9.17) is 5.73 Å². The number of nitrogens with two attached hydrogens (primary N) is 1. The number of pyridine rings is 1. The molecule has 6 nitrogen and oxygen atoms in total. The van der Waals surface area contributed by atoms with Crippen molar-refractivity contribution in [1.82, 2.24) is 4.98 Å². The van der Waals surface area contributed by atoms with E-state index in [0.717, 1.165) is 0 Å². The van der Waals surface area contributed by atoms with Gasteiger partial charge in [-0.1, -0.05) is 0 Å². The zero-order chi connectivity index (χ0) is 15.6. The zero-order valence-corrected chi connectivity index (χ0v) is 12.2. The highest BCUT2D eigenvalue weighted by Crippen LogP contribution is 2.33. The molecule has 0 bridgehead atoms. The Hall–Kier alpha value is -2.72. The number of rotatable bonds is 3. The fraction of sp³-hybridized carbons (Fsp3) is 0.143. The van der Waals surface area contributed by atoms with Crippen LogP contribution >= 0.6 is 11.3 Å². The molecule has 0 radical (unpaired) electrons. The number of Topliss-reactive ketones (excluding diaryl/α,β-unsaturated/α-hetero) is 1. The smallest absolute Gasteiger partial charge is 0.222 e. The van der Waals surface area contributed by atoms with E-state index in [9.17, 15) is 14.9 Å². The molecule has 0 spiro atoms. The lowest BCUT2D eigenvalue weighted by atomic mass is 10.1. The fourth-order valence-electron chi connectivity index (χ4n) is 1.76. The normalized spacial score (nSPS) is 9.95. The number of aromatic nitrogens is 1. The Morgan fingerprint density at radius 1 is 1.38 bits per heavy atom. The number of nitrogens with zero attached hydrogens (tertiary/aromatic N) is 2. The van der Waals surface area contributed by atoms with Crippen LogP contribution in [-0.4, -0.2) is 16.7 Å². The van der Waals surface area contributed by atoms with E-state index in [1.807, 2.05) is 6.07 Å². The number of carbonyl (C=O) groups excluding carboxylic acids is 2. The van der Waals surface area contributed by atoms with Gasteiger partial charge in [0.25, 0.3) is 0 Å². The van der Waals surface area contributed by atoms with Crippen molar-refractivity contribution in [1.29, 1.82) is 5.26 Å². The van der Waals surface area contributed by atoms with Crippen molar-refractivity contribution >= 4 is 34.5 Å². The predicted octanol–water partition coefficient (Wildman–Crippen LogP) is 2.42. The summed E-state index contributed by atoms with van der Waals surface area (Å²) in [6.07, 6.45) is 0. The highest BCUT2D eigenvalue weighted by atomic mass is 32.1. The summed E-state index contributed by atoms with van der Waals surface area (Å²) >= 11 is 1.23. The summed E-state index contributed by atoms with van der Waals surface area (Å²) in [6.45, 7) is 2.82. The molecule has 0 fully saturated rings. The molecule has 0 saturated carbocycles. The fourth-order valence-corrected chi connectivity index (χ4v) is 2.66. The first-order valence-corrected chi connectivity index (χ1v) is 6.83. The maximum Gasteiger partial charge on any atom is 0.222 e. The van der Waals surface area contributed by atoms with E-state index in [2.05, 4.69) is 10.3 Å². The number of hydrogen-bond acceptors (Lipinski definition) is 6. The van der Waals surface area contributed by atoms with Gasteiger partial charge < -0.3 is 11.1 Å². The number of amides is 1. The second kappa shape index (κ2) is 5.73. The third-order valence-electron chi connectivity index (χ3n) is 2.65. The van der Waals surface area contributed by atoms with Crippen LogP contribution < -0.4 is 11.1 Å². The van der Waals surface area contributed by atoms with E-state index in [1.165, 1.54) is 31.3 Å². The van der Waals surface area contributed by atoms with Crippen LogP contribution in [-0.2, 0) is 4.79 Å². The first-order chi connectivity index (χ1) is 9.92. The Bertz CT molecular complexity index is 774. The number of nitriles is 1. The molecule has 2 heterocycles. The summed E-state index contributed by atoms with van der Waals surface area (Å²) in [5.74, 6) is -0.0734. The molecule has 0 aliphatic heterocycles. The molecule has 0 saturated heterocycles. The van der Waals surface area contributed by atoms with Gasteiger partial charge in [-0.05, 0) is 19.1 Å². The van der Waals surface area contributed by atoms with E-state index >= 15 is 0 Å². The second-order valence-corrected chi connectivity index (χ2v) is 5.42. The quantitative estimate of drug-likeness (QED) is 0.846. The zero-order valence-electron chi connectivity index (χ0n) is 11.4. The van der Waals surface area contributed by atoms with Crippen LogP contribution in [0.4, 0.5) is 11.5 Å². The summed E-state index contributed by atoms with van der Waals surface area (Å²) in [4.78, 5) is 28.0. The van der Waals surface area contributed by atoms with Crippen molar-refractivity contribution in [3.05, 3.63) is 28.6 Å². The lowest BCUT2D eigenvalue weighted by Gasteiger charge is -2.08. The van der Waals surface area contributed by atoms with Gasteiger partial charge in [0, 0.05) is 13.0 Å². The molecule has 1 amide bonds. The van der Waals surface area contributed by atoms with Gasteiger partial charge in [0.05, 0.1) is 15.4 Å². The first kappa shape index (κ1) is 14.7. The molecule has 0 atom stereocenters. The molecule has 0 aromatic carbocycles. The SMILES string of the molecule is CC(=O)Nc1cc(N)c(C#N)c(-c2ccc(C(C)=O)s2)n1. The summed E-state index contributed by atoms with van der Waals surface area (Å²) < 4.78 is 0. The van der Waals surface area contributed by atoms with E-state index in [0.29, 0.717) is 15.4 Å². The number of carbonyl (C=O) groups is 2. The molecule has 2 rings (SSSR count). The van der Waals surface area contributed by atoms with Crippen LogP contribution in [0.5, 0.6) is 0 Å². The Morgan fingerprint density at radius 2 is 2.10 bits per heavy atom. The standard InChI is InChI=1S/C14H12N4O2S/c1-7(19)11-3-4-12(21-11)14-9(6-15)10(16)5-13(18-14)17-8(2)20/h3-5H,1-2H3,(H3,16,17,18,20). The van der Waals surface area contributed by atoms with Crippen LogP contribution in [0.25, 0.3) is 10.6 Å². The lowest BCUT2D eigenvalue weighted by Crippen LogP contribution is -2.09. The van der Waals surface area contributed by atoms with Crippen molar-refractivity contribution in [2.24, 2.45) is 0 Å². The molecular formula is C14H12N4O2S. The Labute approximate surface area is 125 Å². The minimum atomic E-state index is -0.284. The predicted molar refractivity (Wildman–Crippen MR) is 81.0 cm³/mol. The largest absolute Gasteiger partial charge is 0.397 e. The Morgan fingerprint density at radius 3 is 2.62 bits per heavy atom. The molecule has 2 aromatic rings. The maximum absolute atomic E-state index is 11.4. The average molecular weight is 300 g/mol. The van der Waals surface area contributed by atoms with E-state index in [1.54, 1.807) is 12.1 Å². The molecule has 21 heavy (non-hydrogen) atoms. The van der Waals surface area contributed by atoms with Crippen molar-refractivity contribution < 1.29 is 9.59 Å². The minimum Gasteiger partial charge on any atom is -0.397 e. The Kier molecular flexibility index (Phi) is 4.00. The molecule has 0 unspecified atom stereocenters. The minimum absolute atomic E-state index is 0.0595. The summed E-state index contributed by atoms with van der Waals surface area (Å²) in [5.41, 5.74) is 6.65. The van der Waals surface area contributed by atoms with Crippen LogP contribution in [0.1, 0.15) is 29.1 Å². The van der Waals surface area contributed by atoms with Gasteiger partial charge in [-0.2, -0.15) is 5.26 Å². The number of ketones is 1. The van der Waals surface area contributed by atoms with Crippen molar-refractivity contribution in [2.75, 3.05) is 11.1 Å². The average Bonchev–Trinajstić information content (AvgIpc) is 2.86. The van der Waals surface area contributed by atoms with E-state index in [-0.39, 0.29) is 28.8 Å². The first-order valence-electron chi connectivity index (χ1n) is 6.01. The second-order valence-electron chi connectivity index (χ2n) is 4.33. The Balaban J connectivity index is 2.59. The molecular weight excluding hydrogens is 288 g/mol. The highest BCUT2D eigenvalue weighted by molar-refractivity contribution is 7.17. The number of thiophene rings is 1. The number of nitrogens with one attached hydrogen (secondary N) is 1. The van der Waals surface area contributed by atoms with Gasteiger partial charge in [-0.15, -0.1) is 11.3 Å². The van der Waals surface area contributed by atoms with Gasteiger partial charge in [0.15, 0.2) is 5.78 Å². The number of anilines is 2. The van der Waals surface area contributed by atoms with Crippen LogP contribution in [0.3, 0.4) is 0 Å². The molecule has 2 aromatic heterocycles. The molecule has 3 N–H and O–H groups in total. The van der Waals surface area contributed by atoms with Crippen LogP contribution in [0, 0.1) is 11.3 Å². The van der Waals surface area contributed by atoms with Crippen LogP contribution in [0.15, 0.2) is 18.2 Å². The summed E-state index contributed by atoms with van der Waals surface area (Å²) in [6, 6.07) is 6.82.